The molecule has 4 N–H and O–H groups in total. The number of sulfonamides is 1. The third-order valence-corrected chi connectivity index (χ3v) is 4.64. The Morgan fingerprint density at radius 2 is 2.00 bits per heavy atom. The Morgan fingerprint density at radius 1 is 1.25 bits per heavy atom. The molecule has 0 radical (unpaired) electrons. The molecule has 0 aromatic carbocycles. The lowest BCUT2D eigenvalue weighted by atomic mass is 10.4. The summed E-state index contributed by atoms with van der Waals surface area (Å²) in [5, 5.41) is 0. The van der Waals surface area contributed by atoms with Gasteiger partial charge in [0.25, 0.3) is 10.0 Å². The van der Waals surface area contributed by atoms with Crippen molar-refractivity contribution in [2.45, 2.75) is 11.8 Å². The zero-order valence-corrected chi connectivity index (χ0v) is 12.9. The summed E-state index contributed by atoms with van der Waals surface area (Å²) >= 11 is 3.30. The lowest BCUT2D eigenvalue weighted by Gasteiger charge is -2.09. The first-order valence-electron chi connectivity index (χ1n) is 5.51. The van der Waals surface area contributed by atoms with Gasteiger partial charge >= 0.3 is 0 Å². The van der Waals surface area contributed by atoms with Gasteiger partial charge in [-0.25, -0.2) is 24.2 Å². The molecular formula is C11H12BrN5O2S. The number of rotatable bonds is 4. The van der Waals surface area contributed by atoms with Crippen molar-refractivity contribution in [1.29, 1.82) is 0 Å². The fourth-order valence-electron chi connectivity index (χ4n) is 1.45. The minimum atomic E-state index is -3.74. The second-order valence-corrected chi connectivity index (χ2v) is 6.43. The number of aromatic nitrogens is 2. The highest BCUT2D eigenvalue weighted by Crippen LogP contribution is 2.19. The van der Waals surface area contributed by atoms with Gasteiger partial charge < -0.3 is 5.43 Å². The van der Waals surface area contributed by atoms with Crippen molar-refractivity contribution in [1.82, 2.24) is 9.97 Å². The van der Waals surface area contributed by atoms with Crippen LogP contribution in [0.3, 0.4) is 0 Å². The zero-order chi connectivity index (χ0) is 14.8. The third-order valence-electron chi connectivity index (χ3n) is 2.45. The van der Waals surface area contributed by atoms with Gasteiger partial charge in [0.2, 0.25) is 0 Å². The molecule has 0 atom stereocenters. The first-order chi connectivity index (χ1) is 9.42. The van der Waals surface area contributed by atoms with Crippen molar-refractivity contribution in [3.63, 3.8) is 0 Å². The molecule has 9 heteroatoms. The van der Waals surface area contributed by atoms with Crippen molar-refractivity contribution in [3.8, 4) is 0 Å². The average molecular weight is 358 g/mol. The molecule has 2 heterocycles. The van der Waals surface area contributed by atoms with Gasteiger partial charge in [-0.15, -0.1) is 0 Å². The molecule has 0 aliphatic rings. The van der Waals surface area contributed by atoms with Gasteiger partial charge in [-0.3, -0.25) is 4.72 Å². The summed E-state index contributed by atoms with van der Waals surface area (Å²) in [6.45, 7) is 1.77. The number of anilines is 2. The van der Waals surface area contributed by atoms with Crippen molar-refractivity contribution in [2.24, 2.45) is 5.84 Å². The van der Waals surface area contributed by atoms with Gasteiger partial charge in [-0.05, 0) is 41.1 Å². The van der Waals surface area contributed by atoms with Gasteiger partial charge in [-0.2, -0.15) is 0 Å². The molecule has 7 nitrogen and oxygen atoms in total. The molecule has 0 bridgehead atoms. The summed E-state index contributed by atoms with van der Waals surface area (Å²) in [4.78, 5) is 8.03. The summed E-state index contributed by atoms with van der Waals surface area (Å²) in [5.74, 6) is 5.70. The lowest BCUT2D eigenvalue weighted by molar-refractivity contribution is 0.601. The van der Waals surface area contributed by atoms with E-state index < -0.39 is 10.0 Å². The monoisotopic (exact) mass is 357 g/mol. The average Bonchev–Trinajstić information content (AvgIpc) is 2.43. The summed E-state index contributed by atoms with van der Waals surface area (Å²) in [6.07, 6.45) is 1.35. The highest BCUT2D eigenvalue weighted by atomic mass is 79.9. The van der Waals surface area contributed by atoms with E-state index in [0.717, 1.165) is 4.47 Å². The van der Waals surface area contributed by atoms with Crippen LogP contribution in [0.5, 0.6) is 0 Å². The number of aryl methyl sites for hydroxylation is 1. The van der Waals surface area contributed by atoms with E-state index in [1.165, 1.54) is 18.3 Å². The van der Waals surface area contributed by atoms with E-state index in [1.54, 1.807) is 19.1 Å². The number of nitrogen functional groups attached to an aromatic ring is 1. The van der Waals surface area contributed by atoms with Crippen LogP contribution in [-0.2, 0) is 10.0 Å². The number of hydrazine groups is 1. The van der Waals surface area contributed by atoms with Crippen LogP contribution in [0, 0.1) is 6.92 Å². The second-order valence-electron chi connectivity index (χ2n) is 3.89. The molecule has 0 aliphatic carbocycles. The van der Waals surface area contributed by atoms with E-state index in [-0.39, 0.29) is 16.5 Å². The van der Waals surface area contributed by atoms with Gasteiger partial charge in [0.1, 0.15) is 11.6 Å². The van der Waals surface area contributed by atoms with Crippen LogP contribution in [-0.4, -0.2) is 18.4 Å². The normalized spacial score (nSPS) is 11.2. The number of halogens is 1. The smallest absolute Gasteiger partial charge is 0.263 e. The number of hydrogen-bond acceptors (Lipinski definition) is 6. The molecular weight excluding hydrogens is 346 g/mol. The molecule has 0 saturated heterocycles. The highest BCUT2D eigenvalue weighted by Gasteiger charge is 2.16. The summed E-state index contributed by atoms with van der Waals surface area (Å²) in [7, 11) is -3.74. The largest absolute Gasteiger partial charge is 0.308 e. The molecule has 20 heavy (non-hydrogen) atoms. The SMILES string of the molecule is Cc1nc(NS(=O)(=O)c2ccnc(NN)c2)ccc1Br. The third kappa shape index (κ3) is 3.24. The van der Waals surface area contributed by atoms with E-state index in [2.05, 4.69) is 36.0 Å². The molecule has 2 aromatic heterocycles. The van der Waals surface area contributed by atoms with Gasteiger partial charge in [0.15, 0.2) is 0 Å². The maximum Gasteiger partial charge on any atom is 0.263 e. The molecule has 0 unspecified atom stereocenters. The number of pyridine rings is 2. The molecule has 2 rings (SSSR count). The maximum atomic E-state index is 12.2. The fraction of sp³-hybridized carbons (Fsp3) is 0.0909. The van der Waals surface area contributed by atoms with Crippen LogP contribution in [0.4, 0.5) is 11.6 Å². The van der Waals surface area contributed by atoms with Crippen molar-refractivity contribution >= 4 is 37.6 Å². The van der Waals surface area contributed by atoms with Crippen LogP contribution in [0.1, 0.15) is 5.69 Å². The Morgan fingerprint density at radius 3 is 2.65 bits per heavy atom. The molecule has 0 aliphatic heterocycles. The zero-order valence-electron chi connectivity index (χ0n) is 10.5. The molecule has 0 saturated carbocycles. The van der Waals surface area contributed by atoms with Crippen LogP contribution < -0.4 is 16.0 Å². The topological polar surface area (TPSA) is 110 Å². The maximum absolute atomic E-state index is 12.2. The Hall–Kier alpha value is -1.71. The van der Waals surface area contributed by atoms with Crippen LogP contribution in [0.15, 0.2) is 39.8 Å². The van der Waals surface area contributed by atoms with Gasteiger partial charge in [-0.1, -0.05) is 0 Å². The van der Waals surface area contributed by atoms with Crippen LogP contribution in [0.25, 0.3) is 0 Å². The number of hydrogen-bond donors (Lipinski definition) is 3. The Kier molecular flexibility index (Phi) is 4.21. The Bertz CT molecular complexity index is 735. The van der Waals surface area contributed by atoms with Crippen molar-refractivity contribution in [2.75, 3.05) is 10.1 Å². The summed E-state index contributed by atoms with van der Waals surface area (Å²) < 4.78 is 27.6. The number of nitrogens with one attached hydrogen (secondary N) is 2. The van der Waals surface area contributed by atoms with Gasteiger partial charge in [0, 0.05) is 16.7 Å². The summed E-state index contributed by atoms with van der Waals surface area (Å²) in [6, 6.07) is 5.99. The standard InChI is InChI=1S/C11H12BrN5O2S/c1-7-9(12)2-3-10(15-7)17-20(18,19)8-4-5-14-11(6-8)16-13/h2-6H,13H2,1H3,(H,14,16)(H,15,17). The molecule has 0 amide bonds. The van der Waals surface area contributed by atoms with E-state index in [1.807, 2.05) is 0 Å². The first kappa shape index (κ1) is 14.7. The Balaban J connectivity index is 2.32. The van der Waals surface area contributed by atoms with E-state index >= 15 is 0 Å². The van der Waals surface area contributed by atoms with E-state index in [9.17, 15) is 8.42 Å². The van der Waals surface area contributed by atoms with Crippen LogP contribution >= 0.6 is 15.9 Å². The summed E-state index contributed by atoms with van der Waals surface area (Å²) in [5.41, 5.74) is 2.98. The highest BCUT2D eigenvalue weighted by molar-refractivity contribution is 9.10. The molecule has 106 valence electrons. The molecule has 0 fully saturated rings. The molecule has 2 aromatic rings. The minimum absolute atomic E-state index is 0.0443. The van der Waals surface area contributed by atoms with Crippen molar-refractivity contribution in [3.05, 3.63) is 40.6 Å². The predicted octanol–water partition coefficient (Wildman–Crippen LogP) is 1.63. The predicted molar refractivity (Wildman–Crippen MR) is 79.5 cm³/mol. The van der Waals surface area contributed by atoms with E-state index in [4.69, 9.17) is 5.84 Å². The second kappa shape index (κ2) is 5.73. The fourth-order valence-corrected chi connectivity index (χ4v) is 2.69. The first-order valence-corrected chi connectivity index (χ1v) is 7.78. The van der Waals surface area contributed by atoms with E-state index in [0.29, 0.717) is 5.69 Å². The van der Waals surface area contributed by atoms with Crippen LogP contribution in [0.2, 0.25) is 0 Å². The lowest BCUT2D eigenvalue weighted by Crippen LogP contribution is -2.15. The number of nitrogens with two attached hydrogens (primary N) is 1. The minimum Gasteiger partial charge on any atom is -0.308 e. The molecule has 0 spiro atoms. The van der Waals surface area contributed by atoms with Gasteiger partial charge in [0.05, 0.1) is 10.6 Å². The quantitative estimate of drug-likeness (QED) is 0.566. The Labute approximate surface area is 124 Å². The van der Waals surface area contributed by atoms with Crippen molar-refractivity contribution < 1.29 is 8.42 Å². The number of nitrogens with zero attached hydrogens (tertiary/aromatic N) is 2.